The van der Waals surface area contributed by atoms with E-state index in [2.05, 4.69) is 0 Å². The molecule has 0 nitrogen and oxygen atoms in total. The highest BCUT2D eigenvalue weighted by molar-refractivity contribution is 5.74. The lowest BCUT2D eigenvalue weighted by molar-refractivity contribution is 0.441. The monoisotopic (exact) mass is 332 g/mol. The Morgan fingerprint density at radius 1 is 0.522 bits per heavy atom. The molecular weight excluding hydrogens is 318 g/mol. The Morgan fingerprint density at radius 2 is 1.00 bits per heavy atom. The molecule has 0 atom stereocenters. The molecule has 0 aliphatic rings. The Labute approximate surface area is 129 Å². The van der Waals surface area contributed by atoms with E-state index in [-0.39, 0.29) is 23.1 Å². The molecule has 0 amide bonds. The van der Waals surface area contributed by atoms with E-state index in [1.165, 1.54) is 13.8 Å². The molecule has 2 aromatic rings. The zero-order valence-corrected chi connectivity index (χ0v) is 13.0. The van der Waals surface area contributed by atoms with Crippen molar-refractivity contribution in [1.82, 2.24) is 0 Å². The summed E-state index contributed by atoms with van der Waals surface area (Å²) in [6.45, 7) is 4.90. The largest absolute Gasteiger partial charge is 0.206 e. The van der Waals surface area contributed by atoms with Gasteiger partial charge in [0.2, 0.25) is 0 Å². The van der Waals surface area contributed by atoms with Gasteiger partial charge in [-0.1, -0.05) is 6.92 Å². The molecule has 0 aromatic heterocycles. The van der Waals surface area contributed by atoms with Crippen LogP contribution in [0.4, 0.5) is 26.3 Å². The first-order valence-electron chi connectivity index (χ1n) is 6.94. The van der Waals surface area contributed by atoms with Gasteiger partial charge in [0.05, 0.1) is 0 Å². The molecule has 6 heteroatoms. The normalized spacial score (nSPS) is 11.2. The number of hydrogen-bond donors (Lipinski definition) is 0. The number of rotatable bonds is 2. The van der Waals surface area contributed by atoms with Crippen LogP contribution in [0.25, 0.3) is 11.1 Å². The van der Waals surface area contributed by atoms with Gasteiger partial charge in [0.25, 0.3) is 0 Å². The van der Waals surface area contributed by atoms with E-state index >= 15 is 0 Å². The van der Waals surface area contributed by atoms with E-state index in [4.69, 9.17) is 0 Å². The Balaban J connectivity index is 3.06. The van der Waals surface area contributed by atoms with Gasteiger partial charge in [-0.25, -0.2) is 26.3 Å². The Morgan fingerprint density at radius 3 is 1.52 bits per heavy atom. The van der Waals surface area contributed by atoms with Gasteiger partial charge in [0.15, 0.2) is 29.1 Å². The van der Waals surface area contributed by atoms with Crippen LogP contribution in [-0.4, -0.2) is 0 Å². The molecule has 0 saturated carbocycles. The second-order valence-corrected chi connectivity index (χ2v) is 5.34. The molecule has 0 unspecified atom stereocenters. The molecule has 23 heavy (non-hydrogen) atoms. The van der Waals surface area contributed by atoms with Crippen LogP contribution in [0.5, 0.6) is 0 Å². The molecule has 0 saturated heterocycles. The van der Waals surface area contributed by atoms with E-state index in [9.17, 15) is 26.3 Å². The van der Waals surface area contributed by atoms with Crippen LogP contribution in [0.15, 0.2) is 0 Å². The third-order valence-corrected chi connectivity index (χ3v) is 4.07. The third kappa shape index (κ3) is 2.40. The highest BCUT2D eigenvalue weighted by Gasteiger charge is 2.29. The van der Waals surface area contributed by atoms with Gasteiger partial charge in [-0.15, -0.1) is 0 Å². The van der Waals surface area contributed by atoms with E-state index < -0.39 is 51.6 Å². The quantitative estimate of drug-likeness (QED) is 0.377. The predicted octanol–water partition coefficient (Wildman–Crippen LogP) is 5.68. The van der Waals surface area contributed by atoms with Crippen molar-refractivity contribution in [2.24, 2.45) is 0 Å². The van der Waals surface area contributed by atoms with Crippen LogP contribution in [-0.2, 0) is 6.42 Å². The van der Waals surface area contributed by atoms with E-state index in [0.29, 0.717) is 0 Å². The highest BCUT2D eigenvalue weighted by Crippen LogP contribution is 2.39. The first-order valence-corrected chi connectivity index (χ1v) is 6.94. The second-order valence-electron chi connectivity index (χ2n) is 5.34. The molecule has 124 valence electrons. The molecule has 0 spiro atoms. The predicted molar refractivity (Wildman–Crippen MR) is 75.2 cm³/mol. The van der Waals surface area contributed by atoms with Gasteiger partial charge in [-0.3, -0.25) is 0 Å². The molecule has 0 aliphatic heterocycles. The lowest BCUT2D eigenvalue weighted by Crippen LogP contribution is -2.09. The smallest absolute Gasteiger partial charge is 0.195 e. The fraction of sp³-hybridized carbons (Fsp3) is 0.294. The maximum Gasteiger partial charge on any atom is 0.195 e. The molecule has 0 fully saturated rings. The molecule has 2 aromatic carbocycles. The van der Waals surface area contributed by atoms with Gasteiger partial charge >= 0.3 is 0 Å². The topological polar surface area (TPSA) is 0 Å². The summed E-state index contributed by atoms with van der Waals surface area (Å²) in [6.07, 6.45) is 0.0330. The number of hydrogen-bond acceptors (Lipinski definition) is 0. The van der Waals surface area contributed by atoms with Crippen molar-refractivity contribution in [3.8, 4) is 11.1 Å². The van der Waals surface area contributed by atoms with Crippen LogP contribution in [0.2, 0.25) is 0 Å². The van der Waals surface area contributed by atoms with Gasteiger partial charge in [0, 0.05) is 16.7 Å². The summed E-state index contributed by atoms with van der Waals surface area (Å²) in [4.78, 5) is 0. The third-order valence-electron chi connectivity index (χ3n) is 4.07. The number of benzene rings is 2. The summed E-state index contributed by atoms with van der Waals surface area (Å²) in [5.41, 5.74) is -2.53. The molecule has 0 radical (unpaired) electrons. The van der Waals surface area contributed by atoms with Crippen molar-refractivity contribution in [2.45, 2.75) is 34.1 Å². The highest BCUT2D eigenvalue weighted by atomic mass is 19.2. The lowest BCUT2D eigenvalue weighted by Gasteiger charge is -2.18. The van der Waals surface area contributed by atoms with Crippen molar-refractivity contribution >= 4 is 0 Å². The fourth-order valence-electron chi connectivity index (χ4n) is 2.75. The Bertz CT molecular complexity index is 779. The molecule has 0 bridgehead atoms. The van der Waals surface area contributed by atoms with Crippen molar-refractivity contribution in [3.05, 3.63) is 57.2 Å². The van der Waals surface area contributed by atoms with Crippen molar-refractivity contribution < 1.29 is 26.3 Å². The molecule has 0 N–H and O–H groups in total. The van der Waals surface area contributed by atoms with Crippen molar-refractivity contribution in [1.29, 1.82) is 0 Å². The summed E-state index contributed by atoms with van der Waals surface area (Å²) in [5, 5.41) is 0. The summed E-state index contributed by atoms with van der Waals surface area (Å²) in [7, 11) is 0. The van der Waals surface area contributed by atoms with Crippen LogP contribution in [0.1, 0.15) is 29.2 Å². The fourth-order valence-corrected chi connectivity index (χ4v) is 2.75. The van der Waals surface area contributed by atoms with E-state index in [1.54, 1.807) is 0 Å². The minimum Gasteiger partial charge on any atom is -0.206 e. The van der Waals surface area contributed by atoms with Gasteiger partial charge in [-0.2, -0.15) is 0 Å². The lowest BCUT2D eigenvalue weighted by atomic mass is 9.89. The first-order chi connectivity index (χ1) is 10.6. The van der Waals surface area contributed by atoms with Gasteiger partial charge < -0.3 is 0 Å². The summed E-state index contributed by atoms with van der Waals surface area (Å²) >= 11 is 0. The van der Waals surface area contributed by atoms with Crippen LogP contribution < -0.4 is 0 Å². The van der Waals surface area contributed by atoms with Crippen molar-refractivity contribution in [3.63, 3.8) is 0 Å². The standard InChI is InChI=1S/C17H14F6/c1-5-9-6(2)13(19)17(23)16(22)11(9)10-7(3)12(18)8(4)14(20)15(10)21/h5H2,1-4H3. The Kier molecular flexibility index (Phi) is 4.46. The van der Waals surface area contributed by atoms with E-state index in [1.807, 2.05) is 0 Å². The molecule has 0 aliphatic carbocycles. The summed E-state index contributed by atoms with van der Waals surface area (Å²) < 4.78 is 84.0. The maximum atomic E-state index is 14.3. The molecule has 0 heterocycles. The second kappa shape index (κ2) is 5.91. The summed E-state index contributed by atoms with van der Waals surface area (Å²) in [5.74, 6) is -8.87. The van der Waals surface area contributed by atoms with Crippen LogP contribution in [0, 0.1) is 55.7 Å². The van der Waals surface area contributed by atoms with Crippen molar-refractivity contribution in [2.75, 3.05) is 0 Å². The van der Waals surface area contributed by atoms with Gasteiger partial charge in [-0.05, 0) is 43.9 Å². The zero-order valence-electron chi connectivity index (χ0n) is 13.0. The van der Waals surface area contributed by atoms with Crippen LogP contribution >= 0.6 is 0 Å². The number of halogens is 6. The summed E-state index contributed by atoms with van der Waals surface area (Å²) in [6, 6.07) is 0. The molecular formula is C17H14F6. The average molecular weight is 332 g/mol. The first kappa shape index (κ1) is 17.4. The maximum absolute atomic E-state index is 14.3. The van der Waals surface area contributed by atoms with E-state index in [0.717, 1.165) is 13.8 Å². The minimum atomic E-state index is -1.80. The zero-order chi connectivity index (χ0) is 17.6. The molecule has 2 rings (SSSR count). The minimum absolute atomic E-state index is 0.0330. The Hall–Kier alpha value is -1.98. The van der Waals surface area contributed by atoms with Crippen LogP contribution in [0.3, 0.4) is 0 Å². The SMILES string of the molecule is CCc1c(C)c(F)c(F)c(F)c1-c1c(C)c(F)c(C)c(F)c1F. The average Bonchev–Trinajstić information content (AvgIpc) is 2.54. The van der Waals surface area contributed by atoms with Gasteiger partial charge in [0.1, 0.15) is 5.82 Å².